The highest BCUT2D eigenvalue weighted by atomic mass is 32.2. The fraction of sp³-hybridized carbons (Fsp3) is 0.917. The van der Waals surface area contributed by atoms with Gasteiger partial charge in [0.2, 0.25) is 5.91 Å². The van der Waals surface area contributed by atoms with Gasteiger partial charge in [-0.15, -0.1) is 0 Å². The van der Waals surface area contributed by atoms with E-state index in [4.69, 9.17) is 5.11 Å². The number of carbonyl (C=O) groups excluding carboxylic acids is 1. The summed E-state index contributed by atoms with van der Waals surface area (Å²) in [6, 6.07) is 0. The SMILES string of the molecule is CC1(C(=O)NCCSCCCO)CCCCN1. The van der Waals surface area contributed by atoms with Crippen LogP contribution in [-0.4, -0.2) is 47.8 Å². The smallest absolute Gasteiger partial charge is 0.240 e. The second-order valence-electron chi connectivity index (χ2n) is 4.66. The molecule has 1 aliphatic rings. The first-order valence-corrected chi connectivity index (χ1v) is 7.56. The minimum absolute atomic E-state index is 0.125. The van der Waals surface area contributed by atoms with Gasteiger partial charge in [0.1, 0.15) is 0 Å². The lowest BCUT2D eigenvalue weighted by Gasteiger charge is -2.33. The Morgan fingerprint density at radius 1 is 1.47 bits per heavy atom. The van der Waals surface area contributed by atoms with Crippen LogP contribution in [0, 0.1) is 0 Å². The molecular formula is C12H24N2O2S. The second-order valence-corrected chi connectivity index (χ2v) is 5.89. The van der Waals surface area contributed by atoms with E-state index in [2.05, 4.69) is 10.6 Å². The van der Waals surface area contributed by atoms with Crippen molar-refractivity contribution in [3.63, 3.8) is 0 Å². The Hall–Kier alpha value is -0.260. The van der Waals surface area contributed by atoms with Crippen LogP contribution in [0.15, 0.2) is 0 Å². The van der Waals surface area contributed by atoms with Crippen molar-refractivity contribution in [1.29, 1.82) is 0 Å². The Kier molecular flexibility index (Phi) is 6.92. The van der Waals surface area contributed by atoms with Crippen molar-refractivity contribution in [2.75, 3.05) is 31.2 Å². The van der Waals surface area contributed by atoms with Crippen LogP contribution in [0.3, 0.4) is 0 Å². The number of aliphatic hydroxyl groups excluding tert-OH is 1. The van der Waals surface area contributed by atoms with E-state index in [1.165, 1.54) is 6.42 Å². The Balaban J connectivity index is 2.11. The maximum atomic E-state index is 12.0. The van der Waals surface area contributed by atoms with Gasteiger partial charge < -0.3 is 15.7 Å². The van der Waals surface area contributed by atoms with Crippen LogP contribution in [-0.2, 0) is 4.79 Å². The molecule has 17 heavy (non-hydrogen) atoms. The summed E-state index contributed by atoms with van der Waals surface area (Å²) in [6.07, 6.45) is 4.05. The summed E-state index contributed by atoms with van der Waals surface area (Å²) in [7, 11) is 0. The summed E-state index contributed by atoms with van der Waals surface area (Å²) >= 11 is 1.77. The molecule has 0 bridgehead atoms. The average molecular weight is 260 g/mol. The van der Waals surface area contributed by atoms with Crippen LogP contribution in [0.1, 0.15) is 32.6 Å². The molecule has 1 heterocycles. The van der Waals surface area contributed by atoms with E-state index in [9.17, 15) is 4.79 Å². The van der Waals surface area contributed by atoms with E-state index < -0.39 is 0 Å². The van der Waals surface area contributed by atoms with Gasteiger partial charge in [-0.1, -0.05) is 0 Å². The molecule has 1 rings (SSSR count). The van der Waals surface area contributed by atoms with E-state index in [1.54, 1.807) is 11.8 Å². The molecule has 0 aromatic heterocycles. The zero-order chi connectivity index (χ0) is 12.6. The summed E-state index contributed by atoms with van der Waals surface area (Å²) < 4.78 is 0. The number of hydrogen-bond donors (Lipinski definition) is 3. The van der Waals surface area contributed by atoms with Gasteiger partial charge >= 0.3 is 0 Å². The summed E-state index contributed by atoms with van der Waals surface area (Å²) in [5.41, 5.74) is -0.367. The van der Waals surface area contributed by atoms with Gasteiger partial charge in [-0.25, -0.2) is 0 Å². The van der Waals surface area contributed by atoms with Gasteiger partial charge in [0.25, 0.3) is 0 Å². The molecule has 4 nitrogen and oxygen atoms in total. The fourth-order valence-corrected chi connectivity index (χ4v) is 2.73. The van der Waals surface area contributed by atoms with Gasteiger partial charge in [0.05, 0.1) is 5.54 Å². The lowest BCUT2D eigenvalue weighted by molar-refractivity contribution is -0.127. The zero-order valence-corrected chi connectivity index (χ0v) is 11.4. The van der Waals surface area contributed by atoms with Crippen LogP contribution >= 0.6 is 11.8 Å². The molecule has 0 aromatic rings. The number of amides is 1. The van der Waals surface area contributed by atoms with Crippen LogP contribution in [0.4, 0.5) is 0 Å². The highest BCUT2D eigenvalue weighted by Crippen LogP contribution is 2.18. The van der Waals surface area contributed by atoms with E-state index in [0.717, 1.165) is 37.3 Å². The largest absolute Gasteiger partial charge is 0.396 e. The minimum atomic E-state index is -0.367. The molecule has 1 aliphatic heterocycles. The molecule has 5 heteroatoms. The summed E-state index contributed by atoms with van der Waals surface area (Å²) in [6.45, 7) is 3.89. The Morgan fingerprint density at radius 2 is 2.29 bits per heavy atom. The van der Waals surface area contributed by atoms with Crippen molar-refractivity contribution in [2.45, 2.75) is 38.1 Å². The van der Waals surface area contributed by atoms with Gasteiger partial charge in [-0.05, 0) is 44.9 Å². The molecule has 1 fully saturated rings. The number of aliphatic hydroxyl groups is 1. The lowest BCUT2D eigenvalue weighted by atomic mass is 9.90. The highest BCUT2D eigenvalue weighted by molar-refractivity contribution is 7.99. The molecule has 0 aromatic carbocycles. The molecular weight excluding hydrogens is 236 g/mol. The minimum Gasteiger partial charge on any atom is -0.396 e. The Morgan fingerprint density at radius 3 is 2.94 bits per heavy atom. The predicted octanol–water partition coefficient (Wildman–Crippen LogP) is 0.750. The molecule has 0 spiro atoms. The third kappa shape index (κ3) is 5.27. The predicted molar refractivity (Wildman–Crippen MR) is 72.3 cm³/mol. The Bertz CT molecular complexity index is 231. The number of rotatable bonds is 7. The topological polar surface area (TPSA) is 61.4 Å². The first-order chi connectivity index (χ1) is 8.19. The molecule has 100 valence electrons. The number of hydrogen-bond acceptors (Lipinski definition) is 4. The fourth-order valence-electron chi connectivity index (χ4n) is 1.95. The normalized spacial score (nSPS) is 24.6. The van der Waals surface area contributed by atoms with Crippen LogP contribution < -0.4 is 10.6 Å². The first kappa shape index (κ1) is 14.8. The maximum Gasteiger partial charge on any atom is 0.240 e. The quantitative estimate of drug-likeness (QED) is 0.591. The van der Waals surface area contributed by atoms with E-state index >= 15 is 0 Å². The van der Waals surface area contributed by atoms with Gasteiger partial charge in [0.15, 0.2) is 0 Å². The van der Waals surface area contributed by atoms with Gasteiger partial charge in [-0.2, -0.15) is 11.8 Å². The molecule has 1 atom stereocenters. The molecule has 0 saturated carbocycles. The zero-order valence-electron chi connectivity index (χ0n) is 10.6. The lowest BCUT2D eigenvalue weighted by Crippen LogP contribution is -2.57. The third-order valence-electron chi connectivity index (χ3n) is 3.10. The van der Waals surface area contributed by atoms with E-state index in [1.807, 2.05) is 6.92 Å². The van der Waals surface area contributed by atoms with Crippen LogP contribution in [0.25, 0.3) is 0 Å². The molecule has 0 radical (unpaired) electrons. The maximum absolute atomic E-state index is 12.0. The van der Waals surface area contributed by atoms with E-state index in [-0.39, 0.29) is 18.1 Å². The number of piperidine rings is 1. The van der Waals surface area contributed by atoms with Crippen molar-refractivity contribution in [2.24, 2.45) is 0 Å². The number of thioether (sulfide) groups is 1. The van der Waals surface area contributed by atoms with Crippen LogP contribution in [0.5, 0.6) is 0 Å². The summed E-state index contributed by atoms with van der Waals surface area (Å²) in [5, 5.41) is 14.9. The molecule has 1 unspecified atom stereocenters. The Labute approximate surface area is 108 Å². The third-order valence-corrected chi connectivity index (χ3v) is 4.17. The van der Waals surface area contributed by atoms with Crippen molar-refractivity contribution in [1.82, 2.24) is 10.6 Å². The summed E-state index contributed by atoms with van der Waals surface area (Å²) in [5.74, 6) is 2.00. The van der Waals surface area contributed by atoms with Crippen molar-refractivity contribution in [3.8, 4) is 0 Å². The van der Waals surface area contributed by atoms with E-state index in [0.29, 0.717) is 6.54 Å². The molecule has 3 N–H and O–H groups in total. The van der Waals surface area contributed by atoms with Gasteiger partial charge in [0, 0.05) is 18.9 Å². The molecule has 0 aliphatic carbocycles. The number of nitrogens with one attached hydrogen (secondary N) is 2. The molecule has 1 saturated heterocycles. The summed E-state index contributed by atoms with van der Waals surface area (Å²) in [4.78, 5) is 12.0. The number of carbonyl (C=O) groups is 1. The average Bonchev–Trinajstić information content (AvgIpc) is 2.34. The van der Waals surface area contributed by atoms with Gasteiger partial charge in [-0.3, -0.25) is 4.79 Å². The highest BCUT2D eigenvalue weighted by Gasteiger charge is 2.33. The van der Waals surface area contributed by atoms with Crippen LogP contribution in [0.2, 0.25) is 0 Å². The first-order valence-electron chi connectivity index (χ1n) is 6.41. The van der Waals surface area contributed by atoms with Crippen molar-refractivity contribution >= 4 is 17.7 Å². The monoisotopic (exact) mass is 260 g/mol. The second kappa shape index (κ2) is 7.95. The van der Waals surface area contributed by atoms with Crippen molar-refractivity contribution < 1.29 is 9.90 Å². The van der Waals surface area contributed by atoms with Crippen molar-refractivity contribution in [3.05, 3.63) is 0 Å². The standard InChI is InChI=1S/C12H24N2O2S/c1-12(5-2-3-6-14-12)11(16)13-7-10-17-9-4-8-15/h14-15H,2-10H2,1H3,(H,13,16). The molecule has 1 amide bonds.